The Hall–Kier alpha value is -1.62. The van der Waals surface area contributed by atoms with Gasteiger partial charge >= 0.3 is 0 Å². The molecular weight excluding hydrogens is 327 g/mol. The van der Waals surface area contributed by atoms with Crippen molar-refractivity contribution in [3.8, 4) is 11.1 Å². The van der Waals surface area contributed by atoms with Crippen LogP contribution < -0.4 is 5.56 Å². The molecule has 106 valence electrons. The monoisotopic (exact) mass is 336 g/mol. The molecule has 21 heavy (non-hydrogen) atoms. The van der Waals surface area contributed by atoms with Gasteiger partial charge in [0.05, 0.1) is 18.3 Å². The number of benzene rings is 1. The average molecular weight is 337 g/mol. The number of allylic oxidation sites excluding steroid dienone is 1. The minimum Gasteiger partial charge on any atom is -0.293 e. The highest BCUT2D eigenvalue weighted by Gasteiger charge is 2.13. The summed E-state index contributed by atoms with van der Waals surface area (Å²) in [4.78, 5) is 17.6. The van der Waals surface area contributed by atoms with Gasteiger partial charge in [0.1, 0.15) is 4.83 Å². The molecule has 3 rings (SSSR count). The second-order valence-corrected chi connectivity index (χ2v) is 6.36. The number of fused-ring (bicyclic) bond motifs is 1. The highest BCUT2D eigenvalue weighted by molar-refractivity contribution is 7.17. The molecule has 0 aliphatic carbocycles. The first kappa shape index (κ1) is 14.3. The number of aromatic nitrogens is 2. The number of rotatable bonds is 3. The molecule has 3 nitrogen and oxygen atoms in total. The number of halogens is 2. The Kier molecular flexibility index (Phi) is 3.85. The van der Waals surface area contributed by atoms with Gasteiger partial charge in [0.15, 0.2) is 0 Å². The molecular formula is C15H10Cl2N2OS. The van der Waals surface area contributed by atoms with E-state index in [1.165, 1.54) is 22.2 Å². The van der Waals surface area contributed by atoms with Crippen LogP contribution in [0.1, 0.15) is 0 Å². The van der Waals surface area contributed by atoms with Gasteiger partial charge in [0, 0.05) is 21.0 Å². The summed E-state index contributed by atoms with van der Waals surface area (Å²) in [5.74, 6) is 0. The van der Waals surface area contributed by atoms with Crippen molar-refractivity contribution in [1.29, 1.82) is 0 Å². The number of hydrogen-bond acceptors (Lipinski definition) is 3. The topological polar surface area (TPSA) is 34.9 Å². The van der Waals surface area contributed by atoms with E-state index in [1.54, 1.807) is 12.1 Å². The maximum Gasteiger partial charge on any atom is 0.263 e. The van der Waals surface area contributed by atoms with Crippen LogP contribution in [-0.4, -0.2) is 9.55 Å². The van der Waals surface area contributed by atoms with Crippen LogP contribution >= 0.6 is 34.5 Å². The predicted molar refractivity (Wildman–Crippen MR) is 89.3 cm³/mol. The zero-order valence-electron chi connectivity index (χ0n) is 10.8. The van der Waals surface area contributed by atoms with E-state index in [0.717, 1.165) is 11.1 Å². The molecule has 2 heterocycles. The highest BCUT2D eigenvalue weighted by atomic mass is 35.5. The second-order valence-electron chi connectivity index (χ2n) is 4.53. The average Bonchev–Trinajstić information content (AvgIpc) is 2.87. The minimum atomic E-state index is -0.118. The lowest BCUT2D eigenvalue weighted by molar-refractivity contribution is 0.760. The minimum absolute atomic E-state index is 0.118. The molecule has 0 amide bonds. The first-order valence-electron chi connectivity index (χ1n) is 6.12. The van der Waals surface area contributed by atoms with Gasteiger partial charge < -0.3 is 0 Å². The van der Waals surface area contributed by atoms with E-state index < -0.39 is 0 Å². The molecule has 6 heteroatoms. The largest absolute Gasteiger partial charge is 0.293 e. The summed E-state index contributed by atoms with van der Waals surface area (Å²) >= 11 is 13.1. The number of hydrogen-bond donors (Lipinski definition) is 0. The summed E-state index contributed by atoms with van der Waals surface area (Å²) in [6.07, 6.45) is 1.50. The first-order chi connectivity index (χ1) is 10.1. The first-order valence-corrected chi connectivity index (χ1v) is 7.75. The van der Waals surface area contributed by atoms with Crippen molar-refractivity contribution < 1.29 is 0 Å². The summed E-state index contributed by atoms with van der Waals surface area (Å²) < 4.78 is 1.46. The van der Waals surface area contributed by atoms with Crippen molar-refractivity contribution in [2.75, 3.05) is 0 Å². The quantitative estimate of drug-likeness (QED) is 0.704. The molecule has 0 fully saturated rings. The zero-order chi connectivity index (χ0) is 15.0. The third kappa shape index (κ3) is 2.75. The van der Waals surface area contributed by atoms with E-state index in [9.17, 15) is 4.79 Å². The molecule has 0 aliphatic rings. The molecule has 2 aromatic heterocycles. The lowest BCUT2D eigenvalue weighted by Crippen LogP contribution is -2.20. The fraction of sp³-hybridized carbons (Fsp3) is 0.0667. The van der Waals surface area contributed by atoms with Gasteiger partial charge in [-0.15, -0.1) is 11.3 Å². The SMILES string of the molecule is C=C(Cl)Cn1cnc2scc(-c3ccc(Cl)cc3)c2c1=O. The molecule has 0 atom stereocenters. The van der Waals surface area contributed by atoms with Gasteiger partial charge in [-0.2, -0.15) is 0 Å². The molecule has 0 N–H and O–H groups in total. The number of thiophene rings is 1. The Bertz CT molecular complexity index is 881. The molecule has 0 saturated carbocycles. The highest BCUT2D eigenvalue weighted by Crippen LogP contribution is 2.31. The van der Waals surface area contributed by atoms with Gasteiger partial charge in [-0.3, -0.25) is 9.36 Å². The van der Waals surface area contributed by atoms with Gasteiger partial charge in [0.2, 0.25) is 0 Å². The Morgan fingerprint density at radius 2 is 2.05 bits per heavy atom. The normalized spacial score (nSPS) is 11.0. The van der Waals surface area contributed by atoms with Crippen molar-refractivity contribution in [3.05, 3.63) is 63.0 Å². The van der Waals surface area contributed by atoms with Crippen LogP contribution in [0.25, 0.3) is 21.3 Å². The fourth-order valence-corrected chi connectivity index (χ4v) is 3.27. The van der Waals surface area contributed by atoms with Gasteiger partial charge in [-0.1, -0.05) is 41.9 Å². The van der Waals surface area contributed by atoms with E-state index in [-0.39, 0.29) is 12.1 Å². The third-order valence-electron chi connectivity index (χ3n) is 3.06. The van der Waals surface area contributed by atoms with E-state index in [2.05, 4.69) is 11.6 Å². The lowest BCUT2D eigenvalue weighted by Gasteiger charge is -2.05. The van der Waals surface area contributed by atoms with Crippen LogP contribution in [0.5, 0.6) is 0 Å². The molecule has 0 bridgehead atoms. The predicted octanol–water partition coefficient (Wildman–Crippen LogP) is 4.53. The van der Waals surface area contributed by atoms with Crippen molar-refractivity contribution in [3.63, 3.8) is 0 Å². The van der Waals surface area contributed by atoms with Gasteiger partial charge in [0.25, 0.3) is 5.56 Å². The Morgan fingerprint density at radius 3 is 2.71 bits per heavy atom. The van der Waals surface area contributed by atoms with Crippen molar-refractivity contribution >= 4 is 44.8 Å². The third-order valence-corrected chi connectivity index (χ3v) is 4.32. The molecule has 0 unspecified atom stereocenters. The summed E-state index contributed by atoms with van der Waals surface area (Å²) in [5, 5.41) is 3.58. The van der Waals surface area contributed by atoms with Crippen LogP contribution in [0.2, 0.25) is 5.02 Å². The molecule has 1 aromatic carbocycles. The van der Waals surface area contributed by atoms with E-state index in [1.807, 2.05) is 17.5 Å². The van der Waals surface area contributed by atoms with Gasteiger partial charge in [-0.25, -0.2) is 4.98 Å². The molecule has 3 aromatic rings. The molecule has 0 saturated heterocycles. The fourth-order valence-electron chi connectivity index (χ4n) is 2.11. The Morgan fingerprint density at radius 1 is 1.33 bits per heavy atom. The Balaban J connectivity index is 2.22. The van der Waals surface area contributed by atoms with Crippen LogP contribution in [0.3, 0.4) is 0 Å². The zero-order valence-corrected chi connectivity index (χ0v) is 13.2. The van der Waals surface area contributed by atoms with Crippen LogP contribution in [0.15, 0.2) is 52.4 Å². The van der Waals surface area contributed by atoms with E-state index in [0.29, 0.717) is 20.3 Å². The standard InChI is InChI=1S/C15H10Cl2N2OS/c1-9(16)6-19-8-18-14-13(15(19)20)12(7-21-14)10-2-4-11(17)5-3-10/h2-5,7-8H,1,6H2. The van der Waals surface area contributed by atoms with E-state index >= 15 is 0 Å². The van der Waals surface area contributed by atoms with Gasteiger partial charge in [-0.05, 0) is 17.7 Å². The van der Waals surface area contributed by atoms with Crippen molar-refractivity contribution in [2.24, 2.45) is 0 Å². The second kappa shape index (κ2) is 5.64. The van der Waals surface area contributed by atoms with Crippen molar-refractivity contribution in [2.45, 2.75) is 6.54 Å². The molecule has 0 radical (unpaired) electrons. The summed E-state index contributed by atoms with van der Waals surface area (Å²) in [6.45, 7) is 3.86. The lowest BCUT2D eigenvalue weighted by atomic mass is 10.1. The summed E-state index contributed by atoms with van der Waals surface area (Å²) in [7, 11) is 0. The summed E-state index contributed by atoms with van der Waals surface area (Å²) in [5.41, 5.74) is 1.68. The van der Waals surface area contributed by atoms with Crippen LogP contribution in [0, 0.1) is 0 Å². The Labute approximate surface area is 135 Å². The smallest absolute Gasteiger partial charge is 0.263 e. The van der Waals surface area contributed by atoms with E-state index in [4.69, 9.17) is 23.2 Å². The molecule has 0 spiro atoms. The summed E-state index contributed by atoms with van der Waals surface area (Å²) in [6, 6.07) is 7.38. The number of nitrogens with zero attached hydrogens (tertiary/aromatic N) is 2. The maximum atomic E-state index is 12.6. The van der Waals surface area contributed by atoms with Crippen LogP contribution in [-0.2, 0) is 6.54 Å². The molecule has 0 aliphatic heterocycles. The maximum absolute atomic E-state index is 12.6. The van der Waals surface area contributed by atoms with Crippen molar-refractivity contribution in [1.82, 2.24) is 9.55 Å². The van der Waals surface area contributed by atoms with Crippen LogP contribution in [0.4, 0.5) is 0 Å².